The number of benzene rings is 2. The molecule has 2 aliphatic heterocycles. The lowest BCUT2D eigenvalue weighted by Gasteiger charge is -2.32. The number of amides is 1. The molecule has 0 radical (unpaired) electrons. The first-order chi connectivity index (χ1) is 16.3. The molecule has 1 amide bonds. The average Bonchev–Trinajstić information content (AvgIpc) is 2.84. The number of rotatable bonds is 7. The van der Waals surface area contributed by atoms with Gasteiger partial charge in [-0.1, -0.05) is 36.8 Å². The molecule has 2 fully saturated rings. The molecule has 184 valence electrons. The first kappa shape index (κ1) is 24.9. The van der Waals surface area contributed by atoms with E-state index in [1.807, 2.05) is 19.1 Å². The van der Waals surface area contributed by atoms with Crippen LogP contribution in [-0.2, 0) is 23.1 Å². The molecule has 0 saturated carbocycles. The van der Waals surface area contributed by atoms with E-state index in [0.717, 1.165) is 57.5 Å². The van der Waals surface area contributed by atoms with E-state index in [0.29, 0.717) is 18.7 Å². The Kier molecular flexibility index (Phi) is 8.03. The molecular formula is C26H36N4O3S. The molecule has 2 aliphatic rings. The molecule has 2 aromatic rings. The normalized spacial score (nSPS) is 20.8. The highest BCUT2D eigenvalue weighted by Gasteiger charge is 2.31. The Morgan fingerprint density at radius 1 is 0.971 bits per heavy atom. The van der Waals surface area contributed by atoms with Crippen molar-refractivity contribution in [2.45, 2.75) is 50.2 Å². The topological polar surface area (TPSA) is 73.0 Å². The van der Waals surface area contributed by atoms with Crippen LogP contribution >= 0.6 is 0 Å². The van der Waals surface area contributed by atoms with E-state index in [2.05, 4.69) is 34.3 Å². The van der Waals surface area contributed by atoms with Crippen molar-refractivity contribution in [3.8, 4) is 0 Å². The molecule has 2 aromatic carbocycles. The van der Waals surface area contributed by atoms with Crippen LogP contribution in [0.15, 0.2) is 53.4 Å². The monoisotopic (exact) mass is 484 g/mol. The third kappa shape index (κ3) is 6.05. The molecule has 0 spiro atoms. The van der Waals surface area contributed by atoms with Crippen molar-refractivity contribution in [2.24, 2.45) is 0 Å². The van der Waals surface area contributed by atoms with Crippen LogP contribution in [0.2, 0.25) is 0 Å². The van der Waals surface area contributed by atoms with E-state index in [1.54, 1.807) is 22.5 Å². The van der Waals surface area contributed by atoms with Crippen LogP contribution in [0.25, 0.3) is 0 Å². The second kappa shape index (κ2) is 11.0. The molecule has 2 saturated heterocycles. The van der Waals surface area contributed by atoms with E-state index in [4.69, 9.17) is 0 Å². The highest BCUT2D eigenvalue weighted by Crippen LogP contribution is 2.25. The fourth-order valence-corrected chi connectivity index (χ4v) is 6.49. The summed E-state index contributed by atoms with van der Waals surface area (Å²) in [6, 6.07) is 14.7. The fraction of sp³-hybridized carbons (Fsp3) is 0.500. The van der Waals surface area contributed by atoms with Gasteiger partial charge < -0.3 is 10.2 Å². The zero-order chi connectivity index (χ0) is 24.1. The van der Waals surface area contributed by atoms with Crippen LogP contribution in [0.5, 0.6) is 0 Å². The summed E-state index contributed by atoms with van der Waals surface area (Å²) in [6.45, 7) is 8.08. The number of nitrogens with zero attached hydrogens (tertiary/aromatic N) is 3. The zero-order valence-electron chi connectivity index (χ0n) is 20.2. The van der Waals surface area contributed by atoms with Gasteiger partial charge in [0.15, 0.2) is 0 Å². The van der Waals surface area contributed by atoms with Gasteiger partial charge in [-0.05, 0) is 56.1 Å². The van der Waals surface area contributed by atoms with Crippen molar-refractivity contribution >= 4 is 15.9 Å². The summed E-state index contributed by atoms with van der Waals surface area (Å²) in [7, 11) is -1.46. The smallest absolute Gasteiger partial charge is 0.251 e. The maximum Gasteiger partial charge on any atom is 0.251 e. The van der Waals surface area contributed by atoms with E-state index < -0.39 is 10.0 Å². The fourth-order valence-electron chi connectivity index (χ4n) is 4.75. The van der Waals surface area contributed by atoms with Crippen molar-refractivity contribution in [1.29, 1.82) is 0 Å². The van der Waals surface area contributed by atoms with Crippen LogP contribution in [0, 0.1) is 0 Å². The van der Waals surface area contributed by atoms with Crippen LogP contribution in [-0.4, -0.2) is 74.2 Å². The van der Waals surface area contributed by atoms with E-state index in [1.165, 1.54) is 11.6 Å². The van der Waals surface area contributed by atoms with Crippen molar-refractivity contribution in [3.63, 3.8) is 0 Å². The van der Waals surface area contributed by atoms with E-state index >= 15 is 0 Å². The molecule has 1 unspecified atom stereocenters. The summed E-state index contributed by atoms with van der Waals surface area (Å²) in [5.74, 6) is -0.270. The Bertz CT molecular complexity index is 1100. The molecule has 8 heteroatoms. The quantitative estimate of drug-likeness (QED) is 0.654. The van der Waals surface area contributed by atoms with E-state index in [-0.39, 0.29) is 16.8 Å². The minimum atomic E-state index is -3.61. The SMILES string of the molecule is CC1CCCCN1S(=O)(=O)c1cccc(C(=O)NCc2cccc(CN3CCN(C)CC3)c2)c1. The molecule has 1 N–H and O–H groups in total. The lowest BCUT2D eigenvalue weighted by Crippen LogP contribution is -2.43. The maximum absolute atomic E-state index is 13.2. The van der Waals surface area contributed by atoms with Gasteiger partial charge in [0.25, 0.3) is 5.91 Å². The maximum atomic E-state index is 13.2. The summed E-state index contributed by atoms with van der Waals surface area (Å²) >= 11 is 0. The second-order valence-corrected chi connectivity index (χ2v) is 11.5. The van der Waals surface area contributed by atoms with Crippen molar-refractivity contribution in [2.75, 3.05) is 39.8 Å². The van der Waals surface area contributed by atoms with Crippen LogP contribution < -0.4 is 5.32 Å². The Morgan fingerprint density at radius 2 is 1.71 bits per heavy atom. The number of piperazine rings is 1. The third-order valence-electron chi connectivity index (χ3n) is 6.89. The number of hydrogen-bond donors (Lipinski definition) is 1. The molecule has 0 bridgehead atoms. The number of nitrogens with one attached hydrogen (secondary N) is 1. The van der Waals surface area contributed by atoms with Gasteiger partial charge in [0, 0.05) is 57.4 Å². The summed E-state index contributed by atoms with van der Waals surface area (Å²) in [4.78, 5) is 17.8. The predicted molar refractivity (Wildman–Crippen MR) is 134 cm³/mol. The Labute approximate surface area is 203 Å². The summed E-state index contributed by atoms with van der Waals surface area (Å²) in [6.07, 6.45) is 2.79. The highest BCUT2D eigenvalue weighted by molar-refractivity contribution is 7.89. The van der Waals surface area contributed by atoms with Crippen LogP contribution in [0.4, 0.5) is 0 Å². The highest BCUT2D eigenvalue weighted by atomic mass is 32.2. The van der Waals surface area contributed by atoms with Gasteiger partial charge in [-0.25, -0.2) is 8.42 Å². The summed E-state index contributed by atoms with van der Waals surface area (Å²) in [5, 5.41) is 2.95. The largest absolute Gasteiger partial charge is 0.348 e. The Morgan fingerprint density at radius 3 is 2.47 bits per heavy atom. The first-order valence-corrected chi connectivity index (χ1v) is 13.7. The Balaban J connectivity index is 1.38. The van der Waals surface area contributed by atoms with Gasteiger partial charge in [-0.3, -0.25) is 9.69 Å². The first-order valence-electron chi connectivity index (χ1n) is 12.2. The number of sulfonamides is 1. The van der Waals surface area contributed by atoms with Gasteiger partial charge >= 0.3 is 0 Å². The third-order valence-corrected chi connectivity index (χ3v) is 8.90. The number of carbonyl (C=O) groups excluding carboxylic acids is 1. The minimum Gasteiger partial charge on any atom is -0.348 e. The summed E-state index contributed by atoms with van der Waals surface area (Å²) < 4.78 is 27.9. The second-order valence-electron chi connectivity index (χ2n) is 9.57. The average molecular weight is 485 g/mol. The lowest BCUT2D eigenvalue weighted by molar-refractivity contribution is 0.0950. The standard InChI is InChI=1S/C26H36N4O3S/c1-21-7-3-4-12-30(21)34(32,33)25-11-6-10-24(18-25)26(31)27-19-22-8-5-9-23(17-22)20-29-15-13-28(2)14-16-29/h5-6,8-11,17-18,21H,3-4,7,12-16,19-20H2,1-2H3,(H,27,31). The molecule has 1 atom stereocenters. The number of carbonyl (C=O) groups is 1. The van der Waals surface area contributed by atoms with Gasteiger partial charge in [0.05, 0.1) is 4.90 Å². The number of piperidine rings is 1. The number of likely N-dealkylation sites (N-methyl/N-ethyl adjacent to an activating group) is 1. The van der Waals surface area contributed by atoms with Gasteiger partial charge in [-0.15, -0.1) is 0 Å². The molecule has 0 aliphatic carbocycles. The van der Waals surface area contributed by atoms with Crippen molar-refractivity contribution in [3.05, 3.63) is 65.2 Å². The van der Waals surface area contributed by atoms with Gasteiger partial charge in [0.2, 0.25) is 10.0 Å². The summed E-state index contributed by atoms with van der Waals surface area (Å²) in [5.41, 5.74) is 2.63. The molecule has 34 heavy (non-hydrogen) atoms. The van der Waals surface area contributed by atoms with E-state index in [9.17, 15) is 13.2 Å². The van der Waals surface area contributed by atoms with Crippen molar-refractivity contribution < 1.29 is 13.2 Å². The predicted octanol–water partition coefficient (Wildman–Crippen LogP) is 2.93. The molecule has 7 nitrogen and oxygen atoms in total. The minimum absolute atomic E-state index is 0.0191. The van der Waals surface area contributed by atoms with Crippen LogP contribution in [0.1, 0.15) is 47.7 Å². The lowest BCUT2D eigenvalue weighted by atomic mass is 10.1. The zero-order valence-corrected chi connectivity index (χ0v) is 21.1. The van der Waals surface area contributed by atoms with Crippen molar-refractivity contribution in [1.82, 2.24) is 19.4 Å². The van der Waals surface area contributed by atoms with Crippen LogP contribution in [0.3, 0.4) is 0 Å². The Hall–Kier alpha value is -2.26. The van der Waals surface area contributed by atoms with Gasteiger partial charge in [0.1, 0.15) is 0 Å². The molecular weight excluding hydrogens is 448 g/mol. The molecule has 0 aromatic heterocycles. The molecule has 2 heterocycles. The number of hydrogen-bond acceptors (Lipinski definition) is 5. The molecule has 4 rings (SSSR count). The van der Waals surface area contributed by atoms with Gasteiger partial charge in [-0.2, -0.15) is 4.31 Å².